The summed E-state index contributed by atoms with van der Waals surface area (Å²) in [5, 5.41) is 23.0. The quantitative estimate of drug-likeness (QED) is 0.578. The number of nitrogens with one attached hydrogen (secondary N) is 1. The Bertz CT molecular complexity index is 395. The number of ether oxygens (including phenoxy) is 1. The van der Waals surface area contributed by atoms with Gasteiger partial charge in [-0.15, -0.1) is 0 Å². The van der Waals surface area contributed by atoms with Gasteiger partial charge in [-0.2, -0.15) is 0 Å². The molecule has 6 heteroatoms. The molecule has 0 aliphatic heterocycles. The summed E-state index contributed by atoms with van der Waals surface area (Å²) < 4.78 is 4.78. The van der Waals surface area contributed by atoms with Crippen molar-refractivity contribution in [1.29, 1.82) is 0 Å². The van der Waals surface area contributed by atoms with Gasteiger partial charge in [0.1, 0.15) is 0 Å². The molecule has 0 saturated heterocycles. The fourth-order valence-corrected chi connectivity index (χ4v) is 1.46. The third-order valence-electron chi connectivity index (χ3n) is 2.17. The number of aliphatic hydroxyl groups excluding tert-OH is 1. The zero-order valence-corrected chi connectivity index (χ0v) is 9.84. The summed E-state index contributed by atoms with van der Waals surface area (Å²) in [6, 6.07) is 4.72. The van der Waals surface area contributed by atoms with E-state index in [1.165, 1.54) is 19.2 Å². The SMILES string of the molecule is COCC(O)CNc1cc(C)cc([N+](=O)[O-])c1. The molecule has 1 rings (SSSR count). The van der Waals surface area contributed by atoms with Crippen molar-refractivity contribution in [1.82, 2.24) is 0 Å². The molecule has 2 N–H and O–H groups in total. The maximum atomic E-state index is 10.7. The first-order valence-electron chi connectivity index (χ1n) is 5.20. The van der Waals surface area contributed by atoms with Gasteiger partial charge in [-0.1, -0.05) is 0 Å². The number of nitro benzene ring substituents is 1. The summed E-state index contributed by atoms with van der Waals surface area (Å²) in [5.41, 5.74) is 1.45. The Labute approximate surface area is 99.4 Å². The van der Waals surface area contributed by atoms with Crippen molar-refractivity contribution in [3.63, 3.8) is 0 Å². The number of aryl methyl sites for hydroxylation is 1. The van der Waals surface area contributed by atoms with Crippen molar-refractivity contribution < 1.29 is 14.8 Å². The summed E-state index contributed by atoms with van der Waals surface area (Å²) in [7, 11) is 1.50. The molecule has 0 spiro atoms. The van der Waals surface area contributed by atoms with E-state index in [0.717, 1.165) is 5.56 Å². The maximum absolute atomic E-state index is 10.7. The third-order valence-corrected chi connectivity index (χ3v) is 2.17. The van der Waals surface area contributed by atoms with Gasteiger partial charge >= 0.3 is 0 Å². The van der Waals surface area contributed by atoms with E-state index in [9.17, 15) is 15.2 Å². The fraction of sp³-hybridized carbons (Fsp3) is 0.455. The predicted molar refractivity (Wildman–Crippen MR) is 64.2 cm³/mol. The first-order valence-corrected chi connectivity index (χ1v) is 5.20. The van der Waals surface area contributed by atoms with Crippen LogP contribution in [-0.2, 0) is 4.74 Å². The van der Waals surface area contributed by atoms with E-state index in [-0.39, 0.29) is 18.8 Å². The van der Waals surface area contributed by atoms with Gasteiger partial charge in [0.05, 0.1) is 17.6 Å². The highest BCUT2D eigenvalue weighted by atomic mass is 16.6. The Morgan fingerprint density at radius 2 is 2.24 bits per heavy atom. The van der Waals surface area contributed by atoms with Gasteiger partial charge in [-0.25, -0.2) is 0 Å². The zero-order valence-electron chi connectivity index (χ0n) is 9.84. The molecule has 6 nitrogen and oxygen atoms in total. The van der Waals surface area contributed by atoms with E-state index >= 15 is 0 Å². The molecule has 0 bridgehead atoms. The minimum atomic E-state index is -0.639. The molecule has 1 aromatic rings. The van der Waals surface area contributed by atoms with Crippen LogP contribution < -0.4 is 5.32 Å². The van der Waals surface area contributed by atoms with Crippen LogP contribution in [0.4, 0.5) is 11.4 Å². The monoisotopic (exact) mass is 240 g/mol. The molecule has 0 amide bonds. The second-order valence-corrected chi connectivity index (χ2v) is 3.80. The van der Waals surface area contributed by atoms with Gasteiger partial charge in [0.2, 0.25) is 0 Å². The highest BCUT2D eigenvalue weighted by Crippen LogP contribution is 2.20. The van der Waals surface area contributed by atoms with Gasteiger partial charge in [0.25, 0.3) is 5.69 Å². The highest BCUT2D eigenvalue weighted by Gasteiger charge is 2.09. The molecule has 0 aliphatic carbocycles. The van der Waals surface area contributed by atoms with Gasteiger partial charge < -0.3 is 15.2 Å². The molecule has 94 valence electrons. The molecular weight excluding hydrogens is 224 g/mol. The minimum absolute atomic E-state index is 0.0359. The van der Waals surface area contributed by atoms with Crippen molar-refractivity contribution in [2.75, 3.05) is 25.6 Å². The van der Waals surface area contributed by atoms with Crippen LogP contribution in [0.15, 0.2) is 18.2 Å². The second kappa shape index (κ2) is 6.17. The summed E-state index contributed by atoms with van der Waals surface area (Å²) in [4.78, 5) is 10.2. The van der Waals surface area contributed by atoms with Crippen LogP contribution in [0.1, 0.15) is 5.56 Å². The number of hydrogen-bond acceptors (Lipinski definition) is 5. The van der Waals surface area contributed by atoms with Crippen molar-refractivity contribution >= 4 is 11.4 Å². The molecule has 1 unspecified atom stereocenters. The molecule has 1 aromatic carbocycles. The third kappa shape index (κ3) is 4.38. The molecular formula is C11H16N2O4. The molecule has 17 heavy (non-hydrogen) atoms. The zero-order chi connectivity index (χ0) is 12.8. The standard InChI is InChI=1S/C11H16N2O4/c1-8-3-9(5-10(4-8)13(15)16)12-6-11(14)7-17-2/h3-5,11-12,14H,6-7H2,1-2H3. The van der Waals surface area contributed by atoms with E-state index in [0.29, 0.717) is 5.69 Å². The Morgan fingerprint density at radius 1 is 1.53 bits per heavy atom. The summed E-state index contributed by atoms with van der Waals surface area (Å²) in [6.07, 6.45) is -0.639. The summed E-state index contributed by atoms with van der Waals surface area (Å²) in [6.45, 7) is 2.29. The van der Waals surface area contributed by atoms with Crippen LogP contribution in [-0.4, -0.2) is 36.4 Å². The Morgan fingerprint density at radius 3 is 2.82 bits per heavy atom. The van der Waals surface area contributed by atoms with E-state index in [1.807, 2.05) is 0 Å². The summed E-state index contributed by atoms with van der Waals surface area (Å²) in [5.74, 6) is 0. The second-order valence-electron chi connectivity index (χ2n) is 3.80. The first-order chi connectivity index (χ1) is 8.02. The number of benzene rings is 1. The molecule has 0 fully saturated rings. The lowest BCUT2D eigenvalue weighted by Gasteiger charge is -2.12. The largest absolute Gasteiger partial charge is 0.389 e. The van der Waals surface area contributed by atoms with Crippen LogP contribution in [0, 0.1) is 17.0 Å². The topological polar surface area (TPSA) is 84.6 Å². The molecule has 0 aromatic heterocycles. The lowest BCUT2D eigenvalue weighted by molar-refractivity contribution is -0.384. The predicted octanol–water partition coefficient (Wildman–Crippen LogP) is 1.32. The fourth-order valence-electron chi connectivity index (χ4n) is 1.46. The Kier molecular flexibility index (Phi) is 4.86. The van der Waals surface area contributed by atoms with Crippen molar-refractivity contribution in [3.05, 3.63) is 33.9 Å². The number of non-ortho nitro benzene ring substituents is 1. The number of rotatable bonds is 6. The van der Waals surface area contributed by atoms with Crippen molar-refractivity contribution in [3.8, 4) is 0 Å². The van der Waals surface area contributed by atoms with Crippen molar-refractivity contribution in [2.45, 2.75) is 13.0 Å². The van der Waals surface area contributed by atoms with Crippen LogP contribution >= 0.6 is 0 Å². The molecule has 0 saturated carbocycles. The average Bonchev–Trinajstić information content (AvgIpc) is 2.26. The number of anilines is 1. The Hall–Kier alpha value is -1.66. The van der Waals surface area contributed by atoms with Gasteiger partial charge in [0, 0.05) is 31.5 Å². The smallest absolute Gasteiger partial charge is 0.271 e. The Balaban J connectivity index is 2.68. The maximum Gasteiger partial charge on any atom is 0.271 e. The minimum Gasteiger partial charge on any atom is -0.389 e. The van der Waals surface area contributed by atoms with Gasteiger partial charge in [-0.3, -0.25) is 10.1 Å². The van der Waals surface area contributed by atoms with E-state index < -0.39 is 11.0 Å². The van der Waals surface area contributed by atoms with Gasteiger partial charge in [-0.05, 0) is 18.6 Å². The average molecular weight is 240 g/mol. The van der Waals surface area contributed by atoms with Gasteiger partial charge in [0.15, 0.2) is 0 Å². The van der Waals surface area contributed by atoms with Crippen LogP contribution in [0.3, 0.4) is 0 Å². The van der Waals surface area contributed by atoms with Crippen LogP contribution in [0.25, 0.3) is 0 Å². The number of aliphatic hydroxyl groups is 1. The van der Waals surface area contributed by atoms with E-state index in [1.54, 1.807) is 13.0 Å². The lowest BCUT2D eigenvalue weighted by atomic mass is 10.2. The molecule has 0 aliphatic rings. The van der Waals surface area contributed by atoms with Crippen LogP contribution in [0.2, 0.25) is 0 Å². The normalized spacial score (nSPS) is 12.2. The summed E-state index contributed by atoms with van der Waals surface area (Å²) >= 11 is 0. The number of nitrogens with zero attached hydrogens (tertiary/aromatic N) is 1. The van der Waals surface area contributed by atoms with E-state index in [2.05, 4.69) is 5.32 Å². The molecule has 0 heterocycles. The van der Waals surface area contributed by atoms with E-state index in [4.69, 9.17) is 4.74 Å². The van der Waals surface area contributed by atoms with Crippen molar-refractivity contribution in [2.24, 2.45) is 0 Å². The number of methoxy groups -OCH3 is 1. The number of nitro groups is 1. The molecule has 1 atom stereocenters. The number of hydrogen-bond donors (Lipinski definition) is 2. The lowest BCUT2D eigenvalue weighted by Crippen LogP contribution is -2.24. The van der Waals surface area contributed by atoms with Crippen LogP contribution in [0.5, 0.6) is 0 Å². The first kappa shape index (κ1) is 13.4. The highest BCUT2D eigenvalue weighted by molar-refractivity contribution is 5.53. The molecule has 0 radical (unpaired) electrons.